The molecular weight excluding hydrogens is 408 g/mol. The fourth-order valence-corrected chi connectivity index (χ4v) is 7.41. The molecule has 0 saturated carbocycles. The summed E-state index contributed by atoms with van der Waals surface area (Å²) < 4.78 is 55.4. The molecule has 0 aromatic heterocycles. The number of benzene rings is 2. The van der Waals surface area contributed by atoms with Gasteiger partial charge in [0.2, 0.25) is 10.0 Å². The van der Waals surface area contributed by atoms with Gasteiger partial charge >= 0.3 is 0 Å². The lowest BCUT2D eigenvalue weighted by Gasteiger charge is -2.36. The highest BCUT2D eigenvalue weighted by Crippen LogP contribution is 2.35. The van der Waals surface area contributed by atoms with Crippen LogP contribution < -0.4 is 4.31 Å². The third-order valence-electron chi connectivity index (χ3n) is 5.79. The van der Waals surface area contributed by atoms with Crippen LogP contribution in [-0.4, -0.2) is 40.3 Å². The third kappa shape index (κ3) is 3.69. The third-order valence-corrected chi connectivity index (χ3v) is 9.65. The van der Waals surface area contributed by atoms with Crippen molar-refractivity contribution in [3.8, 4) is 0 Å². The topological polar surface area (TPSA) is 74.8 Å². The summed E-state index contributed by atoms with van der Waals surface area (Å²) in [6, 6.07) is 13.0. The first-order chi connectivity index (χ1) is 13.8. The van der Waals surface area contributed by atoms with Crippen LogP contribution >= 0.6 is 0 Å². The van der Waals surface area contributed by atoms with Crippen LogP contribution in [0.15, 0.2) is 58.3 Å². The van der Waals surface area contributed by atoms with E-state index in [1.807, 2.05) is 31.2 Å². The smallest absolute Gasteiger partial charge is 0.263 e. The molecule has 2 aromatic carbocycles. The highest BCUT2D eigenvalue weighted by molar-refractivity contribution is 7.93. The maximum atomic E-state index is 13.4. The Bertz CT molecular complexity index is 1090. The van der Waals surface area contributed by atoms with Gasteiger partial charge in [-0.15, -0.1) is 0 Å². The fourth-order valence-electron chi connectivity index (χ4n) is 4.17. The van der Waals surface area contributed by atoms with Crippen LogP contribution in [0.5, 0.6) is 0 Å². The van der Waals surface area contributed by atoms with Crippen molar-refractivity contribution < 1.29 is 16.8 Å². The molecular formula is C21H26N2O4S2. The van der Waals surface area contributed by atoms with E-state index in [4.69, 9.17) is 0 Å². The number of fused-ring (bicyclic) bond motifs is 1. The van der Waals surface area contributed by atoms with Crippen molar-refractivity contribution in [2.24, 2.45) is 0 Å². The first kappa shape index (κ1) is 20.4. The summed E-state index contributed by atoms with van der Waals surface area (Å²) >= 11 is 0. The van der Waals surface area contributed by atoms with E-state index in [1.165, 1.54) is 32.9 Å². The van der Waals surface area contributed by atoms with Crippen LogP contribution in [0.1, 0.15) is 38.2 Å². The molecule has 6 nitrogen and oxygen atoms in total. The maximum absolute atomic E-state index is 13.4. The highest BCUT2D eigenvalue weighted by atomic mass is 32.2. The van der Waals surface area contributed by atoms with Gasteiger partial charge in [-0.3, -0.25) is 4.31 Å². The van der Waals surface area contributed by atoms with Gasteiger partial charge in [0, 0.05) is 19.1 Å². The molecule has 1 saturated heterocycles. The van der Waals surface area contributed by atoms with E-state index >= 15 is 0 Å². The number of anilines is 1. The number of hydrogen-bond donors (Lipinski definition) is 0. The Kier molecular flexibility index (Phi) is 5.44. The molecule has 0 N–H and O–H groups in total. The van der Waals surface area contributed by atoms with Crippen LogP contribution in [-0.2, 0) is 26.5 Å². The minimum atomic E-state index is -3.79. The summed E-state index contributed by atoms with van der Waals surface area (Å²) in [6.45, 7) is 2.94. The molecule has 0 aliphatic carbocycles. The number of piperidine rings is 1. The Hall–Kier alpha value is -1.90. The zero-order valence-corrected chi connectivity index (χ0v) is 18.1. The summed E-state index contributed by atoms with van der Waals surface area (Å²) in [5.41, 5.74) is 1.72. The first-order valence-corrected chi connectivity index (χ1v) is 12.9. The number of sulfonamides is 2. The van der Waals surface area contributed by atoms with Gasteiger partial charge in [0.25, 0.3) is 10.0 Å². The molecule has 156 valence electrons. The zero-order valence-electron chi connectivity index (χ0n) is 16.5. The summed E-state index contributed by atoms with van der Waals surface area (Å²) in [5, 5.41) is 0. The van der Waals surface area contributed by atoms with Crippen molar-refractivity contribution in [2.75, 3.05) is 17.4 Å². The predicted octanol–water partition coefficient (Wildman–Crippen LogP) is 3.39. The number of hydrogen-bond acceptors (Lipinski definition) is 4. The highest BCUT2D eigenvalue weighted by Gasteiger charge is 2.34. The van der Waals surface area contributed by atoms with Gasteiger partial charge in [0.05, 0.1) is 15.5 Å². The Balaban J connectivity index is 1.67. The molecule has 0 radical (unpaired) electrons. The van der Waals surface area contributed by atoms with E-state index in [0.29, 0.717) is 18.8 Å². The summed E-state index contributed by atoms with van der Waals surface area (Å²) in [7, 11) is -7.37. The Morgan fingerprint density at radius 3 is 2.03 bits per heavy atom. The molecule has 2 aliphatic rings. The summed E-state index contributed by atoms with van der Waals surface area (Å²) in [6.07, 6.45) is 4.35. The van der Waals surface area contributed by atoms with E-state index in [-0.39, 0.29) is 15.8 Å². The zero-order chi connectivity index (χ0) is 20.6. The second-order valence-electron chi connectivity index (χ2n) is 7.75. The van der Waals surface area contributed by atoms with Crippen molar-refractivity contribution in [2.45, 2.75) is 54.9 Å². The number of para-hydroxylation sites is 1. The molecule has 2 aliphatic heterocycles. The molecule has 4 rings (SSSR count). The molecule has 1 fully saturated rings. The van der Waals surface area contributed by atoms with Gasteiger partial charge in [-0.2, -0.15) is 4.31 Å². The fraction of sp³-hybridized carbons (Fsp3) is 0.429. The van der Waals surface area contributed by atoms with Crippen LogP contribution in [0.4, 0.5) is 5.69 Å². The van der Waals surface area contributed by atoms with E-state index < -0.39 is 20.0 Å². The van der Waals surface area contributed by atoms with Crippen LogP contribution in [0.2, 0.25) is 0 Å². The van der Waals surface area contributed by atoms with Gasteiger partial charge in [-0.25, -0.2) is 16.8 Å². The average Bonchev–Trinajstić information content (AvgIpc) is 2.74. The van der Waals surface area contributed by atoms with Crippen molar-refractivity contribution in [3.63, 3.8) is 0 Å². The molecule has 0 spiro atoms. The molecule has 8 heteroatoms. The Labute approximate surface area is 173 Å². The van der Waals surface area contributed by atoms with Crippen LogP contribution in [0.25, 0.3) is 0 Å². The number of nitrogens with zero attached hydrogens (tertiary/aromatic N) is 2. The summed E-state index contributed by atoms with van der Waals surface area (Å²) in [5.74, 6) is 0. The van der Waals surface area contributed by atoms with Crippen LogP contribution in [0.3, 0.4) is 0 Å². The van der Waals surface area contributed by atoms with Gasteiger partial charge in [-0.1, -0.05) is 24.6 Å². The normalized spacial score (nSPS) is 21.0. The van der Waals surface area contributed by atoms with Crippen molar-refractivity contribution in [1.29, 1.82) is 0 Å². The lowest BCUT2D eigenvalue weighted by atomic mass is 9.99. The minimum absolute atomic E-state index is 0.110. The van der Waals surface area contributed by atoms with Crippen molar-refractivity contribution in [1.82, 2.24) is 4.31 Å². The average molecular weight is 435 g/mol. The second kappa shape index (κ2) is 7.74. The van der Waals surface area contributed by atoms with E-state index in [9.17, 15) is 16.8 Å². The van der Waals surface area contributed by atoms with Crippen molar-refractivity contribution in [3.05, 3.63) is 54.1 Å². The molecule has 1 unspecified atom stereocenters. The number of aryl methyl sites for hydroxylation is 1. The first-order valence-electron chi connectivity index (χ1n) is 10.0. The molecule has 1 atom stereocenters. The molecule has 0 bridgehead atoms. The van der Waals surface area contributed by atoms with Gasteiger partial charge in [0.15, 0.2) is 0 Å². The lowest BCUT2D eigenvalue weighted by Crippen LogP contribution is -2.42. The SMILES string of the molecule is CC1CCc2ccccc2N1S(=O)(=O)c1ccc(S(=O)(=O)N2CCCCC2)cc1. The maximum Gasteiger partial charge on any atom is 0.264 e. The minimum Gasteiger partial charge on any atom is -0.263 e. The Morgan fingerprint density at radius 2 is 1.38 bits per heavy atom. The molecule has 29 heavy (non-hydrogen) atoms. The molecule has 0 amide bonds. The van der Waals surface area contributed by atoms with Gasteiger partial charge < -0.3 is 0 Å². The van der Waals surface area contributed by atoms with E-state index in [2.05, 4.69) is 0 Å². The second-order valence-corrected chi connectivity index (χ2v) is 11.5. The molecule has 2 heterocycles. The van der Waals surface area contributed by atoms with E-state index in [1.54, 1.807) is 0 Å². The van der Waals surface area contributed by atoms with E-state index in [0.717, 1.165) is 37.7 Å². The van der Waals surface area contributed by atoms with Crippen molar-refractivity contribution >= 4 is 25.7 Å². The molecule has 2 aromatic rings. The van der Waals surface area contributed by atoms with Gasteiger partial charge in [-0.05, 0) is 68.5 Å². The lowest BCUT2D eigenvalue weighted by molar-refractivity contribution is 0.346. The monoisotopic (exact) mass is 434 g/mol. The summed E-state index contributed by atoms with van der Waals surface area (Å²) in [4.78, 5) is 0.254. The standard InChI is InChI=1S/C21H26N2O4S2/c1-17-9-10-18-7-3-4-8-21(18)23(17)29(26,27)20-13-11-19(12-14-20)28(24,25)22-15-5-2-6-16-22/h3-4,7-8,11-14,17H,2,5-6,9-10,15-16H2,1H3. The largest absolute Gasteiger partial charge is 0.264 e. The quantitative estimate of drug-likeness (QED) is 0.739. The predicted molar refractivity (Wildman–Crippen MR) is 113 cm³/mol. The van der Waals surface area contributed by atoms with Crippen LogP contribution in [0, 0.1) is 0 Å². The number of rotatable bonds is 4. The Morgan fingerprint density at radius 1 is 0.793 bits per heavy atom. The van der Waals surface area contributed by atoms with Gasteiger partial charge in [0.1, 0.15) is 0 Å².